The van der Waals surface area contributed by atoms with E-state index in [4.69, 9.17) is 11.5 Å². The smallest absolute Gasteiger partial charge is 0.248 e. The van der Waals surface area contributed by atoms with Crippen molar-refractivity contribution in [2.24, 2.45) is 16.9 Å². The van der Waals surface area contributed by atoms with E-state index in [0.29, 0.717) is 17.8 Å². The van der Waals surface area contributed by atoms with Crippen LogP contribution in [0.25, 0.3) is 11.1 Å². The third-order valence-corrected chi connectivity index (χ3v) is 6.28. The van der Waals surface area contributed by atoms with E-state index in [1.807, 2.05) is 55.7 Å². The normalized spacial score (nSPS) is 13.3. The molecule has 2 amide bonds. The number of amides is 2. The number of benzene rings is 2. The summed E-state index contributed by atoms with van der Waals surface area (Å²) < 4.78 is 30.7. The summed E-state index contributed by atoms with van der Waals surface area (Å²) in [5.41, 5.74) is 12.8. The molecular weight excluding hydrogens is 478 g/mol. The first kappa shape index (κ1) is 28.0. The van der Waals surface area contributed by atoms with Crippen LogP contribution in [0.5, 0.6) is 0 Å². The van der Waals surface area contributed by atoms with E-state index in [0.717, 1.165) is 23.8 Å². The molecule has 0 aliphatic carbocycles. The maximum Gasteiger partial charge on any atom is 0.248 e. The highest BCUT2D eigenvalue weighted by atomic mass is 19.1. The molecule has 0 spiro atoms. The predicted molar refractivity (Wildman–Crippen MR) is 138 cm³/mol. The molecule has 0 aliphatic heterocycles. The lowest BCUT2D eigenvalue weighted by Gasteiger charge is -2.41. The molecule has 1 heterocycles. The Kier molecular flexibility index (Phi) is 8.83. The third-order valence-electron chi connectivity index (χ3n) is 6.28. The number of carbonyl (C=O) groups is 2. The van der Waals surface area contributed by atoms with Crippen molar-refractivity contribution in [3.05, 3.63) is 83.7 Å². The molecule has 0 radical (unpaired) electrons. The van der Waals surface area contributed by atoms with E-state index in [1.54, 1.807) is 12.3 Å². The predicted octanol–water partition coefficient (Wildman–Crippen LogP) is 3.59. The summed E-state index contributed by atoms with van der Waals surface area (Å²) in [4.78, 5) is 26.0. The number of nitrogens with two attached hydrogens (primary N) is 2. The molecule has 2 aromatic carbocycles. The van der Waals surface area contributed by atoms with E-state index < -0.39 is 47.6 Å². The molecule has 5 N–H and O–H groups in total. The molecule has 198 valence electrons. The van der Waals surface area contributed by atoms with Crippen molar-refractivity contribution < 1.29 is 23.5 Å². The standard InChI is InChI=1S/C28H34F2N4O3/c1-28(2,3)26(34(25(36)17-35)12-11-23(31)27(32)37)24-13-19(21-14-20(29)9-10-22(21)30)16-33(24)15-18-7-5-4-6-8-18/h4-10,13-14,16,23,26,35H,11-12,15,17,31H2,1-3H3,(H2,32,37). The second-order valence-corrected chi connectivity index (χ2v) is 10.2. The average Bonchev–Trinajstić information content (AvgIpc) is 3.24. The molecule has 0 saturated heterocycles. The number of carbonyl (C=O) groups excluding carboxylic acids is 2. The number of rotatable bonds is 10. The van der Waals surface area contributed by atoms with Gasteiger partial charge in [-0.2, -0.15) is 0 Å². The molecule has 9 heteroatoms. The second-order valence-electron chi connectivity index (χ2n) is 10.2. The first-order chi connectivity index (χ1) is 17.4. The van der Waals surface area contributed by atoms with E-state index in [9.17, 15) is 23.5 Å². The van der Waals surface area contributed by atoms with Gasteiger partial charge < -0.3 is 26.0 Å². The Bertz CT molecular complexity index is 1240. The van der Waals surface area contributed by atoms with E-state index in [1.165, 1.54) is 4.90 Å². The third kappa shape index (κ3) is 6.81. The molecule has 0 aliphatic rings. The molecule has 2 unspecified atom stereocenters. The van der Waals surface area contributed by atoms with Crippen molar-refractivity contribution in [2.45, 2.75) is 45.8 Å². The van der Waals surface area contributed by atoms with Gasteiger partial charge in [0.1, 0.15) is 18.2 Å². The highest BCUT2D eigenvalue weighted by Crippen LogP contribution is 2.41. The van der Waals surface area contributed by atoms with Gasteiger partial charge in [0.15, 0.2) is 0 Å². The van der Waals surface area contributed by atoms with E-state index in [2.05, 4.69) is 0 Å². The Labute approximate surface area is 215 Å². The Morgan fingerprint density at radius 3 is 2.35 bits per heavy atom. The Morgan fingerprint density at radius 2 is 1.76 bits per heavy atom. The van der Waals surface area contributed by atoms with Crippen molar-refractivity contribution in [1.82, 2.24) is 9.47 Å². The number of aliphatic hydroxyl groups is 1. The van der Waals surface area contributed by atoms with Crippen molar-refractivity contribution in [3.8, 4) is 11.1 Å². The highest BCUT2D eigenvalue weighted by Gasteiger charge is 2.37. The van der Waals surface area contributed by atoms with E-state index >= 15 is 0 Å². The van der Waals surface area contributed by atoms with Crippen LogP contribution in [0.2, 0.25) is 0 Å². The maximum atomic E-state index is 14.8. The van der Waals surface area contributed by atoms with Gasteiger partial charge in [-0.25, -0.2) is 8.78 Å². The maximum absolute atomic E-state index is 14.8. The molecule has 37 heavy (non-hydrogen) atoms. The number of primary amides is 1. The van der Waals surface area contributed by atoms with Crippen LogP contribution in [0.15, 0.2) is 60.8 Å². The van der Waals surface area contributed by atoms with Crippen LogP contribution in [0.4, 0.5) is 8.78 Å². The number of aliphatic hydroxyl groups excluding tert-OH is 1. The fourth-order valence-electron chi connectivity index (χ4n) is 4.52. The lowest BCUT2D eigenvalue weighted by Crippen LogP contribution is -2.46. The second kappa shape index (κ2) is 11.7. The van der Waals surface area contributed by atoms with Gasteiger partial charge in [0, 0.05) is 36.1 Å². The minimum atomic E-state index is -0.970. The summed E-state index contributed by atoms with van der Waals surface area (Å²) in [6, 6.07) is 13.0. The quantitative estimate of drug-likeness (QED) is 0.385. The first-order valence-corrected chi connectivity index (χ1v) is 12.1. The first-order valence-electron chi connectivity index (χ1n) is 12.1. The molecule has 1 aromatic heterocycles. The van der Waals surface area contributed by atoms with Crippen molar-refractivity contribution in [2.75, 3.05) is 13.2 Å². The van der Waals surface area contributed by atoms with Crippen molar-refractivity contribution in [1.29, 1.82) is 0 Å². The Morgan fingerprint density at radius 1 is 1.08 bits per heavy atom. The summed E-state index contributed by atoms with van der Waals surface area (Å²) in [5, 5.41) is 9.78. The van der Waals surface area contributed by atoms with Gasteiger partial charge in [0.25, 0.3) is 0 Å². The van der Waals surface area contributed by atoms with Crippen molar-refractivity contribution >= 4 is 11.8 Å². The van der Waals surface area contributed by atoms with Crippen LogP contribution in [0.1, 0.15) is 44.5 Å². The van der Waals surface area contributed by atoms with Gasteiger partial charge in [-0.3, -0.25) is 9.59 Å². The zero-order valence-corrected chi connectivity index (χ0v) is 21.3. The zero-order chi connectivity index (χ0) is 27.3. The summed E-state index contributed by atoms with van der Waals surface area (Å²) in [6.07, 6.45) is 1.83. The zero-order valence-electron chi connectivity index (χ0n) is 21.3. The summed E-state index contributed by atoms with van der Waals surface area (Å²) in [5.74, 6) is -2.39. The number of hydrogen-bond acceptors (Lipinski definition) is 4. The number of halogens is 2. The van der Waals surface area contributed by atoms with Crippen LogP contribution >= 0.6 is 0 Å². The fourth-order valence-corrected chi connectivity index (χ4v) is 4.52. The number of aromatic nitrogens is 1. The lowest BCUT2D eigenvalue weighted by molar-refractivity contribution is -0.140. The van der Waals surface area contributed by atoms with Gasteiger partial charge in [-0.05, 0) is 41.7 Å². The van der Waals surface area contributed by atoms with Gasteiger partial charge in [0.05, 0.1) is 12.1 Å². The SMILES string of the molecule is CC(C)(C)C(c1cc(-c2cc(F)ccc2F)cn1Cc1ccccc1)N(CCC(N)C(N)=O)C(=O)CO. The molecule has 2 atom stereocenters. The molecule has 3 rings (SSSR count). The Hall–Kier alpha value is -3.56. The summed E-state index contributed by atoms with van der Waals surface area (Å²) in [7, 11) is 0. The molecule has 0 fully saturated rings. The van der Waals surface area contributed by atoms with Gasteiger partial charge in [-0.1, -0.05) is 51.1 Å². The van der Waals surface area contributed by atoms with Gasteiger partial charge in [0.2, 0.25) is 11.8 Å². The average molecular weight is 513 g/mol. The van der Waals surface area contributed by atoms with Crippen LogP contribution in [0, 0.1) is 17.0 Å². The van der Waals surface area contributed by atoms with Gasteiger partial charge >= 0.3 is 0 Å². The Balaban J connectivity index is 2.18. The minimum Gasteiger partial charge on any atom is -0.387 e. The monoisotopic (exact) mass is 512 g/mol. The van der Waals surface area contributed by atoms with Crippen LogP contribution < -0.4 is 11.5 Å². The van der Waals surface area contributed by atoms with Crippen LogP contribution in [-0.4, -0.2) is 45.6 Å². The largest absolute Gasteiger partial charge is 0.387 e. The number of nitrogens with zero attached hydrogens (tertiary/aromatic N) is 2. The summed E-state index contributed by atoms with van der Waals surface area (Å²) in [6.45, 7) is 5.53. The number of hydrogen-bond donors (Lipinski definition) is 3. The minimum absolute atomic E-state index is 0.0611. The van der Waals surface area contributed by atoms with E-state index in [-0.39, 0.29) is 18.5 Å². The molecular formula is C28H34F2N4O3. The molecule has 7 nitrogen and oxygen atoms in total. The van der Waals surface area contributed by atoms with Crippen LogP contribution in [-0.2, 0) is 16.1 Å². The highest BCUT2D eigenvalue weighted by molar-refractivity contribution is 5.80. The molecule has 0 bridgehead atoms. The lowest BCUT2D eigenvalue weighted by atomic mass is 9.82. The topological polar surface area (TPSA) is 115 Å². The molecule has 3 aromatic rings. The van der Waals surface area contributed by atoms with Crippen LogP contribution in [0.3, 0.4) is 0 Å². The van der Waals surface area contributed by atoms with Gasteiger partial charge in [-0.15, -0.1) is 0 Å². The summed E-state index contributed by atoms with van der Waals surface area (Å²) >= 11 is 0. The molecule has 0 saturated carbocycles. The van der Waals surface area contributed by atoms with Crippen molar-refractivity contribution in [3.63, 3.8) is 0 Å². The fraction of sp³-hybridized carbons (Fsp3) is 0.357.